The number of alkyl halides is 3. The molecule has 0 aliphatic heterocycles. The Morgan fingerprint density at radius 2 is 2.14 bits per heavy atom. The van der Waals surface area contributed by atoms with E-state index in [0.29, 0.717) is 12.1 Å². The molecule has 6 nitrogen and oxygen atoms in total. The maximum Gasteiger partial charge on any atom is 0.416 e. The van der Waals surface area contributed by atoms with Crippen LogP contribution in [0, 0.1) is 22.5 Å². The van der Waals surface area contributed by atoms with Crippen molar-refractivity contribution >= 4 is 17.3 Å². The lowest BCUT2D eigenvalue weighted by Gasteiger charge is -2.12. The van der Waals surface area contributed by atoms with Crippen LogP contribution in [0.15, 0.2) is 18.2 Å². The first-order chi connectivity index (χ1) is 9.66. The van der Waals surface area contributed by atoms with Crippen LogP contribution in [0.5, 0.6) is 0 Å². The highest BCUT2D eigenvalue weighted by Crippen LogP contribution is 2.34. The predicted molar refractivity (Wildman–Crippen MR) is 68.2 cm³/mol. The van der Waals surface area contributed by atoms with Crippen molar-refractivity contribution in [2.24, 2.45) is 5.73 Å². The summed E-state index contributed by atoms with van der Waals surface area (Å²) in [5, 5.41) is 12.9. The molecule has 0 aliphatic rings. The molecule has 0 spiro atoms. The second-order valence-corrected chi connectivity index (χ2v) is 3.99. The van der Waals surface area contributed by atoms with Crippen LogP contribution in [0.2, 0.25) is 0 Å². The van der Waals surface area contributed by atoms with Crippen molar-refractivity contribution in [1.29, 1.82) is 0 Å². The molecule has 0 heterocycles. The summed E-state index contributed by atoms with van der Waals surface area (Å²) >= 11 is 0. The topological polar surface area (TPSA) is 98.3 Å². The lowest BCUT2D eigenvalue weighted by Crippen LogP contribution is -2.35. The number of nitro groups is 1. The fourth-order valence-electron chi connectivity index (χ4n) is 1.41. The highest BCUT2D eigenvalue weighted by molar-refractivity contribution is 5.96. The van der Waals surface area contributed by atoms with Crippen LogP contribution in [0.1, 0.15) is 12.0 Å². The van der Waals surface area contributed by atoms with Gasteiger partial charge in [-0.05, 0) is 12.1 Å². The molecule has 21 heavy (non-hydrogen) atoms. The average molecular weight is 301 g/mol. The largest absolute Gasteiger partial charge is 0.416 e. The Kier molecular flexibility index (Phi) is 4.88. The summed E-state index contributed by atoms with van der Waals surface area (Å²) in [6.07, 6.45) is 0.123. The van der Waals surface area contributed by atoms with Gasteiger partial charge in [0.25, 0.3) is 5.69 Å². The van der Waals surface area contributed by atoms with E-state index in [4.69, 9.17) is 12.2 Å². The van der Waals surface area contributed by atoms with E-state index in [1.165, 1.54) is 0 Å². The number of anilines is 1. The molecule has 0 radical (unpaired) electrons. The number of carbonyl (C=O) groups excluding carboxylic acids is 1. The van der Waals surface area contributed by atoms with Gasteiger partial charge in [0, 0.05) is 12.5 Å². The van der Waals surface area contributed by atoms with E-state index in [2.05, 4.69) is 11.2 Å². The third-order valence-electron chi connectivity index (χ3n) is 2.45. The second-order valence-electron chi connectivity index (χ2n) is 3.99. The molecule has 0 bridgehead atoms. The monoisotopic (exact) mass is 301 g/mol. The molecule has 1 amide bonds. The van der Waals surface area contributed by atoms with Crippen LogP contribution in [-0.4, -0.2) is 16.9 Å². The van der Waals surface area contributed by atoms with Gasteiger partial charge in [0.15, 0.2) is 0 Å². The number of benzene rings is 1. The zero-order valence-electron chi connectivity index (χ0n) is 10.5. The molecule has 3 N–H and O–H groups in total. The van der Waals surface area contributed by atoms with Crippen LogP contribution in [0.4, 0.5) is 24.5 Å². The Labute approximate surface area is 117 Å². The summed E-state index contributed by atoms with van der Waals surface area (Å²) in [6.45, 7) is 0. The van der Waals surface area contributed by atoms with E-state index in [0.717, 1.165) is 6.07 Å². The number of hydrogen-bond acceptors (Lipinski definition) is 4. The molecule has 9 heteroatoms. The molecule has 0 aromatic heterocycles. The first kappa shape index (κ1) is 16.5. The molecule has 0 aliphatic carbocycles. The number of terminal acetylenes is 1. The molecule has 0 saturated heterocycles. The predicted octanol–water partition coefficient (Wildman–Crippen LogP) is 1.90. The molecular weight excluding hydrogens is 291 g/mol. The number of nitro benzene ring substituents is 1. The normalized spacial score (nSPS) is 12.3. The summed E-state index contributed by atoms with van der Waals surface area (Å²) < 4.78 is 37.5. The molecule has 1 aromatic rings. The zero-order chi connectivity index (χ0) is 16.2. The van der Waals surface area contributed by atoms with Gasteiger partial charge in [-0.1, -0.05) is 0 Å². The Morgan fingerprint density at radius 1 is 1.52 bits per heavy atom. The average Bonchev–Trinajstić information content (AvgIpc) is 2.37. The van der Waals surface area contributed by atoms with Gasteiger partial charge in [-0.3, -0.25) is 14.9 Å². The van der Waals surface area contributed by atoms with Crippen molar-refractivity contribution < 1.29 is 22.9 Å². The van der Waals surface area contributed by atoms with E-state index >= 15 is 0 Å². The van der Waals surface area contributed by atoms with Gasteiger partial charge in [-0.15, -0.1) is 12.3 Å². The number of carbonyl (C=O) groups is 1. The Bertz CT molecular complexity index is 608. The number of halogens is 3. The van der Waals surface area contributed by atoms with Gasteiger partial charge in [0.1, 0.15) is 5.69 Å². The maximum atomic E-state index is 12.5. The van der Waals surface area contributed by atoms with Gasteiger partial charge < -0.3 is 11.1 Å². The summed E-state index contributed by atoms with van der Waals surface area (Å²) in [5.74, 6) is 1.31. The van der Waals surface area contributed by atoms with Crippen LogP contribution in [0.3, 0.4) is 0 Å². The fourth-order valence-corrected chi connectivity index (χ4v) is 1.41. The molecule has 0 fully saturated rings. The third kappa shape index (κ3) is 4.19. The van der Waals surface area contributed by atoms with Gasteiger partial charge in [0.2, 0.25) is 5.91 Å². The summed E-state index contributed by atoms with van der Waals surface area (Å²) in [7, 11) is 0. The summed E-state index contributed by atoms with van der Waals surface area (Å²) in [4.78, 5) is 21.4. The Hall–Kier alpha value is -2.60. The van der Waals surface area contributed by atoms with E-state index in [1.807, 2.05) is 0 Å². The van der Waals surface area contributed by atoms with Crippen molar-refractivity contribution in [3.8, 4) is 12.3 Å². The van der Waals surface area contributed by atoms with Crippen molar-refractivity contribution in [3.63, 3.8) is 0 Å². The molecule has 112 valence electrons. The Balaban J connectivity index is 3.11. The van der Waals surface area contributed by atoms with Crippen LogP contribution in [0.25, 0.3) is 0 Å². The number of nitrogens with zero attached hydrogens (tertiary/aromatic N) is 1. The first-order valence-corrected chi connectivity index (χ1v) is 5.52. The quantitative estimate of drug-likeness (QED) is 0.504. The smallest absolute Gasteiger partial charge is 0.319 e. The van der Waals surface area contributed by atoms with Gasteiger partial charge in [-0.25, -0.2) is 0 Å². The van der Waals surface area contributed by atoms with Crippen molar-refractivity contribution in [1.82, 2.24) is 0 Å². The number of hydrogen-bond donors (Lipinski definition) is 2. The molecule has 1 aromatic carbocycles. The summed E-state index contributed by atoms with van der Waals surface area (Å²) in [6, 6.07) is 0.635. The van der Waals surface area contributed by atoms with Crippen LogP contribution >= 0.6 is 0 Å². The Morgan fingerprint density at radius 3 is 2.62 bits per heavy atom. The van der Waals surface area contributed by atoms with E-state index < -0.39 is 34.3 Å². The van der Waals surface area contributed by atoms with E-state index in [9.17, 15) is 28.1 Å². The minimum Gasteiger partial charge on any atom is -0.319 e. The molecule has 1 unspecified atom stereocenters. The van der Waals surface area contributed by atoms with Gasteiger partial charge >= 0.3 is 6.18 Å². The number of nitrogens with one attached hydrogen (secondary N) is 1. The first-order valence-electron chi connectivity index (χ1n) is 5.52. The standard InChI is InChI=1S/C12H10F3N3O3/c1-2-3-8(16)11(19)17-9-5-4-7(12(13,14)15)6-10(9)18(20)21/h1,4-6,8H,3,16H2,(H,17,19). The molecule has 1 rings (SSSR count). The lowest BCUT2D eigenvalue weighted by atomic mass is 10.1. The number of amides is 1. The molecule has 0 saturated carbocycles. The van der Waals surface area contributed by atoms with Crippen LogP contribution < -0.4 is 11.1 Å². The number of nitrogens with two attached hydrogens (primary N) is 1. The van der Waals surface area contributed by atoms with E-state index in [1.54, 1.807) is 0 Å². The van der Waals surface area contributed by atoms with Gasteiger partial charge in [-0.2, -0.15) is 13.2 Å². The van der Waals surface area contributed by atoms with Crippen LogP contribution in [-0.2, 0) is 11.0 Å². The van der Waals surface area contributed by atoms with Crippen molar-refractivity contribution in [2.45, 2.75) is 18.6 Å². The maximum absolute atomic E-state index is 12.5. The number of rotatable bonds is 4. The highest BCUT2D eigenvalue weighted by Gasteiger charge is 2.33. The zero-order valence-corrected chi connectivity index (χ0v) is 10.5. The molecule has 1 atom stereocenters. The third-order valence-corrected chi connectivity index (χ3v) is 2.45. The lowest BCUT2D eigenvalue weighted by molar-refractivity contribution is -0.384. The minimum atomic E-state index is -4.73. The minimum absolute atomic E-state index is 0.111. The molecular formula is C12H10F3N3O3. The second kappa shape index (κ2) is 6.23. The SMILES string of the molecule is C#CCC(N)C(=O)Nc1ccc(C(F)(F)F)cc1[N+](=O)[O-]. The highest BCUT2D eigenvalue weighted by atomic mass is 19.4. The fraction of sp³-hybridized carbons (Fsp3) is 0.250. The van der Waals surface area contributed by atoms with Crippen molar-refractivity contribution in [3.05, 3.63) is 33.9 Å². The van der Waals surface area contributed by atoms with Gasteiger partial charge in [0.05, 0.1) is 16.5 Å². The van der Waals surface area contributed by atoms with Crippen molar-refractivity contribution in [2.75, 3.05) is 5.32 Å². The van der Waals surface area contributed by atoms with E-state index in [-0.39, 0.29) is 12.1 Å². The summed E-state index contributed by atoms with van der Waals surface area (Å²) in [5.41, 5.74) is 2.94.